The van der Waals surface area contributed by atoms with Crippen molar-refractivity contribution in [1.29, 1.82) is 0 Å². The molecule has 0 spiro atoms. The third-order valence-corrected chi connectivity index (χ3v) is 5.18. The molecule has 2 atom stereocenters. The van der Waals surface area contributed by atoms with E-state index in [9.17, 15) is 9.90 Å². The van der Waals surface area contributed by atoms with Gasteiger partial charge in [-0.25, -0.2) is 0 Å². The average Bonchev–Trinajstić information content (AvgIpc) is 3.38. The summed E-state index contributed by atoms with van der Waals surface area (Å²) < 4.78 is 5.39. The minimum Gasteiger partial charge on any atom is -0.386 e. The Balaban J connectivity index is 1.61. The molecule has 1 aromatic heterocycles. The summed E-state index contributed by atoms with van der Waals surface area (Å²) in [5, 5.41) is 14.7. The number of aromatic nitrogens is 1. The fraction of sp³-hybridized carbons (Fsp3) is 0.273. The predicted octanol–water partition coefficient (Wildman–Crippen LogP) is 3.99. The number of amides is 1. The number of aryl methyl sites for hydroxylation is 1. The average molecular weight is 362 g/mol. The molecule has 0 aliphatic carbocycles. The third-order valence-electron chi connectivity index (χ3n) is 5.18. The van der Waals surface area contributed by atoms with Gasteiger partial charge in [0.2, 0.25) is 0 Å². The van der Waals surface area contributed by atoms with E-state index in [1.165, 1.54) is 6.20 Å². The van der Waals surface area contributed by atoms with Crippen LogP contribution in [0.1, 0.15) is 40.4 Å². The summed E-state index contributed by atoms with van der Waals surface area (Å²) in [6.45, 7) is 2.63. The summed E-state index contributed by atoms with van der Waals surface area (Å²) in [5.41, 5.74) is 3.22. The number of nitrogens with zero attached hydrogens (tertiary/aromatic N) is 2. The lowest BCUT2D eigenvalue weighted by atomic mass is 9.99. The number of benzene rings is 2. The number of carbonyl (C=O) groups excluding carboxylic acids is 1. The normalized spacial score (nSPS) is 17.9. The van der Waals surface area contributed by atoms with E-state index in [-0.39, 0.29) is 11.9 Å². The van der Waals surface area contributed by atoms with Gasteiger partial charge in [0.1, 0.15) is 5.56 Å². The van der Waals surface area contributed by atoms with Gasteiger partial charge in [-0.05, 0) is 25.3 Å². The minimum absolute atomic E-state index is 0.149. The molecule has 1 unspecified atom stereocenters. The first-order valence-electron chi connectivity index (χ1n) is 9.21. The highest BCUT2D eigenvalue weighted by atomic mass is 16.5. The molecule has 0 radical (unpaired) electrons. The van der Waals surface area contributed by atoms with Gasteiger partial charge in [0.05, 0.1) is 18.3 Å². The Kier molecular flexibility index (Phi) is 4.77. The van der Waals surface area contributed by atoms with E-state index >= 15 is 0 Å². The van der Waals surface area contributed by atoms with Gasteiger partial charge in [0, 0.05) is 12.1 Å². The van der Waals surface area contributed by atoms with Crippen LogP contribution in [0.2, 0.25) is 0 Å². The molecule has 1 aliphatic rings. The van der Waals surface area contributed by atoms with Crippen LogP contribution < -0.4 is 0 Å². The van der Waals surface area contributed by atoms with E-state index in [4.69, 9.17) is 4.52 Å². The smallest absolute Gasteiger partial charge is 0.259 e. The maximum Gasteiger partial charge on any atom is 0.259 e. The van der Waals surface area contributed by atoms with Crippen molar-refractivity contribution in [3.63, 3.8) is 0 Å². The van der Waals surface area contributed by atoms with E-state index in [1.54, 1.807) is 4.90 Å². The van der Waals surface area contributed by atoms with Crippen molar-refractivity contribution in [1.82, 2.24) is 10.1 Å². The van der Waals surface area contributed by atoms with Gasteiger partial charge >= 0.3 is 0 Å². The molecule has 1 amide bonds. The number of hydrogen-bond donors (Lipinski definition) is 1. The Morgan fingerprint density at radius 1 is 1.19 bits per heavy atom. The highest BCUT2D eigenvalue weighted by Crippen LogP contribution is 2.32. The number of aliphatic hydroxyl groups excluding tert-OH is 1. The molecule has 5 nitrogen and oxygen atoms in total. The van der Waals surface area contributed by atoms with Gasteiger partial charge in [-0.1, -0.05) is 65.3 Å². The van der Waals surface area contributed by atoms with Crippen molar-refractivity contribution in [2.75, 3.05) is 6.54 Å². The van der Waals surface area contributed by atoms with Crippen molar-refractivity contribution in [2.45, 2.75) is 31.9 Å². The van der Waals surface area contributed by atoms with E-state index < -0.39 is 6.10 Å². The summed E-state index contributed by atoms with van der Waals surface area (Å²) in [7, 11) is 0. The van der Waals surface area contributed by atoms with Crippen molar-refractivity contribution in [3.8, 4) is 11.3 Å². The van der Waals surface area contributed by atoms with Crippen LogP contribution >= 0.6 is 0 Å². The zero-order valence-electron chi connectivity index (χ0n) is 15.2. The SMILES string of the molecule is Cc1ccc(-c2oncc2C(=O)N2CCC[C@@H]2C(O)c2ccccc2)cc1. The summed E-state index contributed by atoms with van der Waals surface area (Å²) in [6.07, 6.45) is 2.40. The van der Waals surface area contributed by atoms with Crippen molar-refractivity contribution in [2.24, 2.45) is 0 Å². The number of rotatable bonds is 4. The standard InChI is InChI=1S/C22H22N2O3/c1-15-9-11-17(12-10-15)21-18(14-23-27-21)22(26)24-13-5-8-19(24)20(25)16-6-3-2-4-7-16/h2-4,6-7,9-12,14,19-20,25H,5,8,13H2,1H3/t19-,20?/m1/s1. The van der Waals surface area contributed by atoms with Gasteiger partial charge < -0.3 is 14.5 Å². The molecule has 138 valence electrons. The lowest BCUT2D eigenvalue weighted by molar-refractivity contribution is 0.0487. The maximum atomic E-state index is 13.2. The molecule has 27 heavy (non-hydrogen) atoms. The van der Waals surface area contributed by atoms with Crippen LogP contribution in [-0.4, -0.2) is 33.7 Å². The molecule has 2 heterocycles. The van der Waals surface area contributed by atoms with Crippen molar-refractivity contribution in [3.05, 3.63) is 77.5 Å². The van der Waals surface area contributed by atoms with E-state index in [1.807, 2.05) is 61.5 Å². The summed E-state index contributed by atoms with van der Waals surface area (Å²) in [5.74, 6) is 0.323. The van der Waals surface area contributed by atoms with Crippen LogP contribution in [0.4, 0.5) is 0 Å². The molecule has 3 aromatic rings. The molecular formula is C22H22N2O3. The van der Waals surface area contributed by atoms with Crippen LogP contribution in [0, 0.1) is 6.92 Å². The molecule has 0 bridgehead atoms. The first-order chi connectivity index (χ1) is 13.1. The Hall–Kier alpha value is -2.92. The Labute approximate surface area is 158 Å². The summed E-state index contributed by atoms with van der Waals surface area (Å²) in [6, 6.07) is 17.0. The summed E-state index contributed by atoms with van der Waals surface area (Å²) >= 11 is 0. The van der Waals surface area contributed by atoms with E-state index in [0.717, 1.165) is 29.5 Å². The minimum atomic E-state index is -0.708. The highest BCUT2D eigenvalue weighted by Gasteiger charge is 2.36. The van der Waals surface area contributed by atoms with Crippen LogP contribution in [0.15, 0.2) is 65.3 Å². The quantitative estimate of drug-likeness (QED) is 0.762. The molecule has 0 saturated carbocycles. The zero-order chi connectivity index (χ0) is 18.8. The fourth-order valence-corrected chi connectivity index (χ4v) is 3.71. The number of aliphatic hydroxyl groups is 1. The Morgan fingerprint density at radius 2 is 1.93 bits per heavy atom. The van der Waals surface area contributed by atoms with E-state index in [0.29, 0.717) is 17.9 Å². The number of carbonyl (C=O) groups is 1. The van der Waals surface area contributed by atoms with Gasteiger partial charge in [-0.3, -0.25) is 4.79 Å². The topological polar surface area (TPSA) is 66.6 Å². The van der Waals surface area contributed by atoms with Gasteiger partial charge in [-0.2, -0.15) is 0 Å². The molecule has 5 heteroatoms. The fourth-order valence-electron chi connectivity index (χ4n) is 3.71. The molecule has 4 rings (SSSR count). The maximum absolute atomic E-state index is 13.2. The Bertz CT molecular complexity index is 918. The monoisotopic (exact) mass is 362 g/mol. The summed E-state index contributed by atoms with van der Waals surface area (Å²) in [4.78, 5) is 15.0. The van der Waals surface area contributed by atoms with Crippen molar-refractivity contribution < 1.29 is 14.4 Å². The first-order valence-corrected chi connectivity index (χ1v) is 9.21. The van der Waals surface area contributed by atoms with Crippen LogP contribution in [0.3, 0.4) is 0 Å². The second-order valence-corrected chi connectivity index (χ2v) is 7.00. The van der Waals surface area contributed by atoms with Gasteiger partial charge in [0.25, 0.3) is 5.91 Å². The molecule has 1 N–H and O–H groups in total. The van der Waals surface area contributed by atoms with Crippen LogP contribution in [-0.2, 0) is 0 Å². The second kappa shape index (κ2) is 7.37. The largest absolute Gasteiger partial charge is 0.386 e. The number of likely N-dealkylation sites (tertiary alicyclic amines) is 1. The second-order valence-electron chi connectivity index (χ2n) is 7.00. The Morgan fingerprint density at radius 3 is 2.67 bits per heavy atom. The molecule has 2 aromatic carbocycles. The van der Waals surface area contributed by atoms with Crippen LogP contribution in [0.5, 0.6) is 0 Å². The number of hydrogen-bond acceptors (Lipinski definition) is 4. The first kappa shape index (κ1) is 17.5. The van der Waals surface area contributed by atoms with Gasteiger partial charge in [0.15, 0.2) is 5.76 Å². The van der Waals surface area contributed by atoms with Crippen molar-refractivity contribution >= 4 is 5.91 Å². The molecule has 1 saturated heterocycles. The molecule has 1 fully saturated rings. The van der Waals surface area contributed by atoms with Crippen LogP contribution in [0.25, 0.3) is 11.3 Å². The zero-order valence-corrected chi connectivity index (χ0v) is 15.2. The lowest BCUT2D eigenvalue weighted by Crippen LogP contribution is -2.39. The highest BCUT2D eigenvalue weighted by molar-refractivity contribution is 5.99. The molecule has 1 aliphatic heterocycles. The molecular weight excluding hydrogens is 340 g/mol. The predicted molar refractivity (Wildman–Crippen MR) is 102 cm³/mol. The van der Waals surface area contributed by atoms with Gasteiger partial charge in [-0.15, -0.1) is 0 Å². The lowest BCUT2D eigenvalue weighted by Gasteiger charge is -2.28. The van der Waals surface area contributed by atoms with E-state index in [2.05, 4.69) is 5.16 Å². The third kappa shape index (κ3) is 3.38.